The highest BCUT2D eigenvalue weighted by Gasteiger charge is 2.36. The first-order valence-corrected chi connectivity index (χ1v) is 13.5. The number of aryl methyl sites for hydroxylation is 1. The molecule has 0 unspecified atom stereocenters. The maximum atomic E-state index is 13.2. The summed E-state index contributed by atoms with van der Waals surface area (Å²) in [6.45, 7) is 2.32. The van der Waals surface area contributed by atoms with E-state index in [-0.39, 0.29) is 5.57 Å². The minimum atomic E-state index is -0.766. The lowest BCUT2D eigenvalue weighted by molar-refractivity contribution is -0.122. The van der Waals surface area contributed by atoms with Gasteiger partial charge in [-0.1, -0.05) is 60.2 Å². The van der Waals surface area contributed by atoms with Crippen LogP contribution in [0.15, 0.2) is 84.4 Å². The molecule has 1 aliphatic rings. The number of amides is 4. The highest BCUT2D eigenvalue weighted by atomic mass is 127. The zero-order valence-corrected chi connectivity index (χ0v) is 23.9. The molecular formula is C29H20I2N2O4. The number of carbonyl (C=O) groups is 3. The molecule has 6 nitrogen and oxygen atoms in total. The van der Waals surface area contributed by atoms with Crippen molar-refractivity contribution in [2.75, 3.05) is 4.90 Å². The van der Waals surface area contributed by atoms with Crippen LogP contribution in [0.3, 0.4) is 0 Å². The van der Waals surface area contributed by atoms with Crippen LogP contribution in [0.2, 0.25) is 0 Å². The van der Waals surface area contributed by atoms with Gasteiger partial charge in [-0.2, -0.15) is 0 Å². The number of ether oxygens (including phenoxy) is 1. The molecule has 37 heavy (non-hydrogen) atoms. The number of barbiturate groups is 1. The second-order valence-electron chi connectivity index (χ2n) is 8.53. The van der Waals surface area contributed by atoms with Gasteiger partial charge in [0.1, 0.15) is 17.9 Å². The van der Waals surface area contributed by atoms with Crippen LogP contribution in [-0.4, -0.2) is 17.8 Å². The number of imide groups is 2. The van der Waals surface area contributed by atoms with E-state index in [1.165, 1.54) is 6.08 Å². The molecular weight excluding hydrogens is 694 g/mol. The molecule has 4 aromatic carbocycles. The molecule has 0 spiro atoms. The van der Waals surface area contributed by atoms with Crippen LogP contribution in [0.5, 0.6) is 5.75 Å². The van der Waals surface area contributed by atoms with Crippen LogP contribution in [0.25, 0.3) is 16.8 Å². The van der Waals surface area contributed by atoms with Crippen molar-refractivity contribution in [3.8, 4) is 5.75 Å². The van der Waals surface area contributed by atoms with Crippen molar-refractivity contribution in [3.63, 3.8) is 0 Å². The number of rotatable bonds is 5. The number of nitrogens with zero attached hydrogens (tertiary/aromatic N) is 1. The minimum Gasteiger partial charge on any atom is -0.487 e. The summed E-state index contributed by atoms with van der Waals surface area (Å²) in [7, 11) is 0. The summed E-state index contributed by atoms with van der Waals surface area (Å²) in [5.74, 6) is -0.661. The molecule has 0 aliphatic carbocycles. The Bertz CT molecular complexity index is 1570. The first-order valence-electron chi connectivity index (χ1n) is 11.4. The van der Waals surface area contributed by atoms with Crippen molar-refractivity contribution < 1.29 is 19.1 Å². The van der Waals surface area contributed by atoms with E-state index in [9.17, 15) is 14.4 Å². The fourth-order valence-electron chi connectivity index (χ4n) is 4.12. The highest BCUT2D eigenvalue weighted by Crippen LogP contribution is 2.32. The van der Waals surface area contributed by atoms with Crippen molar-refractivity contribution in [1.82, 2.24) is 5.32 Å². The number of fused-ring (bicyclic) bond motifs is 1. The van der Waals surface area contributed by atoms with Gasteiger partial charge in [-0.05, 0) is 104 Å². The number of anilines is 1. The molecule has 8 heteroatoms. The predicted octanol–water partition coefficient (Wildman–Crippen LogP) is 6.60. The Morgan fingerprint density at radius 2 is 1.57 bits per heavy atom. The second kappa shape index (κ2) is 10.6. The summed E-state index contributed by atoms with van der Waals surface area (Å²) in [5.41, 5.74) is 3.01. The van der Waals surface area contributed by atoms with Gasteiger partial charge in [0.15, 0.2) is 0 Å². The number of carbonyl (C=O) groups excluding carboxylic acids is 3. The molecule has 184 valence electrons. The van der Waals surface area contributed by atoms with E-state index in [1.807, 2.05) is 37.3 Å². The third-order valence-corrected chi connectivity index (χ3v) is 7.58. The molecule has 1 heterocycles. The Balaban J connectivity index is 1.41. The normalized spacial score (nSPS) is 14.8. The molecule has 1 fully saturated rings. The van der Waals surface area contributed by atoms with Gasteiger partial charge in [-0.3, -0.25) is 14.9 Å². The summed E-state index contributed by atoms with van der Waals surface area (Å²) >= 11 is 4.38. The first kappa shape index (κ1) is 25.4. The Labute approximate surface area is 241 Å². The molecule has 1 saturated heterocycles. The number of halogens is 2. The molecule has 0 saturated carbocycles. The summed E-state index contributed by atoms with van der Waals surface area (Å²) in [6, 6.07) is 24.2. The zero-order chi connectivity index (χ0) is 26.1. The van der Waals surface area contributed by atoms with E-state index in [4.69, 9.17) is 4.74 Å². The standard InChI is InChI=1S/C29H20I2N2O4/c1-17-9-11-21(12-10-17)33-28(35)23(27(34)32-29(33)36)13-18-14-24(30)26(25(31)15-18)37-16-20-7-4-6-19-5-2-3-8-22(19)20/h2-15H,16H2,1H3,(H,32,34,36)/b23-13+. The van der Waals surface area contributed by atoms with Crippen molar-refractivity contribution in [3.05, 3.63) is 108 Å². The second-order valence-corrected chi connectivity index (χ2v) is 10.9. The fourth-order valence-corrected chi connectivity index (χ4v) is 6.25. The van der Waals surface area contributed by atoms with E-state index >= 15 is 0 Å². The van der Waals surface area contributed by atoms with Crippen molar-refractivity contribution in [2.24, 2.45) is 0 Å². The summed E-state index contributed by atoms with van der Waals surface area (Å²) in [5, 5.41) is 4.57. The van der Waals surface area contributed by atoms with E-state index in [2.05, 4.69) is 74.8 Å². The first-order chi connectivity index (χ1) is 17.8. The summed E-state index contributed by atoms with van der Waals surface area (Å²) in [6.07, 6.45) is 1.50. The molecule has 5 rings (SSSR count). The van der Waals surface area contributed by atoms with E-state index in [0.717, 1.165) is 39.7 Å². The van der Waals surface area contributed by atoms with Crippen LogP contribution >= 0.6 is 45.2 Å². The van der Waals surface area contributed by atoms with Gasteiger partial charge in [0, 0.05) is 0 Å². The average molecular weight is 714 g/mol. The van der Waals surface area contributed by atoms with Crippen molar-refractivity contribution in [1.29, 1.82) is 0 Å². The lowest BCUT2D eigenvalue weighted by Gasteiger charge is -2.26. The highest BCUT2D eigenvalue weighted by molar-refractivity contribution is 14.1. The van der Waals surface area contributed by atoms with Gasteiger partial charge in [0.25, 0.3) is 11.8 Å². The van der Waals surface area contributed by atoms with Crippen LogP contribution in [-0.2, 0) is 16.2 Å². The maximum absolute atomic E-state index is 13.2. The molecule has 0 radical (unpaired) electrons. The summed E-state index contributed by atoms with van der Waals surface area (Å²) < 4.78 is 7.89. The van der Waals surface area contributed by atoms with Crippen LogP contribution in [0.4, 0.5) is 10.5 Å². The minimum absolute atomic E-state index is 0.115. The van der Waals surface area contributed by atoms with Gasteiger partial charge in [0.2, 0.25) is 0 Å². The largest absolute Gasteiger partial charge is 0.487 e. The van der Waals surface area contributed by atoms with Crippen molar-refractivity contribution in [2.45, 2.75) is 13.5 Å². The molecule has 4 amide bonds. The smallest absolute Gasteiger partial charge is 0.335 e. The predicted molar refractivity (Wildman–Crippen MR) is 160 cm³/mol. The third kappa shape index (κ3) is 5.26. The van der Waals surface area contributed by atoms with Crippen LogP contribution < -0.4 is 15.0 Å². The van der Waals surface area contributed by atoms with Crippen LogP contribution in [0.1, 0.15) is 16.7 Å². The van der Waals surface area contributed by atoms with E-state index in [0.29, 0.717) is 17.9 Å². The third-order valence-electron chi connectivity index (χ3n) is 5.98. The summed E-state index contributed by atoms with van der Waals surface area (Å²) in [4.78, 5) is 39.2. The topological polar surface area (TPSA) is 75.7 Å². The molecule has 4 aromatic rings. The van der Waals surface area contributed by atoms with E-state index in [1.54, 1.807) is 24.3 Å². The van der Waals surface area contributed by atoms with Gasteiger partial charge in [-0.25, -0.2) is 9.69 Å². The van der Waals surface area contributed by atoms with Gasteiger partial charge in [0.05, 0.1) is 12.8 Å². The number of nitrogens with one attached hydrogen (secondary N) is 1. The van der Waals surface area contributed by atoms with Crippen LogP contribution in [0, 0.1) is 14.1 Å². The molecule has 1 N–H and O–H groups in total. The lowest BCUT2D eigenvalue weighted by Crippen LogP contribution is -2.54. The van der Waals surface area contributed by atoms with Gasteiger partial charge < -0.3 is 4.74 Å². The Morgan fingerprint density at radius 1 is 0.892 bits per heavy atom. The fraction of sp³-hybridized carbons (Fsp3) is 0.0690. The molecule has 0 aromatic heterocycles. The van der Waals surface area contributed by atoms with E-state index < -0.39 is 17.8 Å². The number of hydrogen-bond acceptors (Lipinski definition) is 4. The van der Waals surface area contributed by atoms with Crippen molar-refractivity contribution >= 4 is 85.6 Å². The Morgan fingerprint density at radius 3 is 2.30 bits per heavy atom. The average Bonchev–Trinajstić information content (AvgIpc) is 2.87. The lowest BCUT2D eigenvalue weighted by atomic mass is 10.1. The quantitative estimate of drug-likeness (QED) is 0.144. The number of hydrogen-bond donors (Lipinski definition) is 1. The van der Waals surface area contributed by atoms with Gasteiger partial charge >= 0.3 is 6.03 Å². The Hall–Kier alpha value is -3.25. The molecule has 0 atom stereocenters. The monoisotopic (exact) mass is 714 g/mol. The maximum Gasteiger partial charge on any atom is 0.335 e. The Kier molecular flexibility index (Phi) is 7.29. The number of urea groups is 1. The zero-order valence-electron chi connectivity index (χ0n) is 19.6. The molecule has 0 bridgehead atoms. The SMILES string of the molecule is Cc1ccc(N2C(=O)NC(=O)/C(=C\c3cc(I)c(OCc4cccc5ccccc45)c(I)c3)C2=O)cc1. The van der Waals surface area contributed by atoms with Gasteiger partial charge in [-0.15, -0.1) is 0 Å². The number of benzene rings is 4. The molecule has 1 aliphatic heterocycles.